The number of nitrogens with one attached hydrogen (secondary N) is 1. The zero-order valence-electron chi connectivity index (χ0n) is 18.7. The molecule has 2 saturated heterocycles. The van der Waals surface area contributed by atoms with E-state index in [1.165, 1.54) is 29.5 Å². The maximum atomic E-state index is 11.0. The van der Waals surface area contributed by atoms with Gasteiger partial charge < -0.3 is 10.4 Å². The number of fused-ring (bicyclic) bond motifs is 2. The van der Waals surface area contributed by atoms with E-state index in [9.17, 15) is 5.11 Å². The van der Waals surface area contributed by atoms with Gasteiger partial charge in [0.2, 0.25) is 0 Å². The fourth-order valence-electron chi connectivity index (χ4n) is 5.84. The Morgan fingerprint density at radius 1 is 0.812 bits per heavy atom. The molecule has 3 heteroatoms. The Bertz CT molecular complexity index is 923. The van der Waals surface area contributed by atoms with Crippen molar-refractivity contribution < 1.29 is 5.11 Å². The van der Waals surface area contributed by atoms with Crippen molar-refractivity contribution >= 4 is 0 Å². The normalized spacial score (nSPS) is 26.1. The van der Waals surface area contributed by atoms with E-state index in [2.05, 4.69) is 95.1 Å². The molecule has 0 saturated carbocycles. The van der Waals surface area contributed by atoms with Gasteiger partial charge in [0.05, 0.1) is 6.10 Å². The molecular weight excluding hydrogens is 392 g/mol. The van der Waals surface area contributed by atoms with Gasteiger partial charge in [-0.15, -0.1) is 0 Å². The minimum atomic E-state index is -0.324. The third-order valence-electron chi connectivity index (χ3n) is 7.34. The van der Waals surface area contributed by atoms with Crippen LogP contribution in [0.1, 0.15) is 41.9 Å². The van der Waals surface area contributed by atoms with E-state index in [0.717, 1.165) is 25.9 Å². The minimum absolute atomic E-state index is 0.324. The average Bonchev–Trinajstić information content (AvgIpc) is 2.84. The number of nitrogens with zero attached hydrogens (tertiary/aromatic N) is 1. The van der Waals surface area contributed by atoms with Crippen LogP contribution in [0.2, 0.25) is 0 Å². The summed E-state index contributed by atoms with van der Waals surface area (Å²) in [6, 6.07) is 33.7. The van der Waals surface area contributed by atoms with Crippen molar-refractivity contribution in [3.63, 3.8) is 0 Å². The summed E-state index contributed by atoms with van der Waals surface area (Å²) in [5, 5.41) is 14.7. The first kappa shape index (κ1) is 21.4. The number of aliphatic hydroxyl groups excluding tert-OH is 1. The van der Waals surface area contributed by atoms with Crippen molar-refractivity contribution in [1.82, 2.24) is 10.2 Å². The zero-order valence-corrected chi connectivity index (χ0v) is 18.7. The summed E-state index contributed by atoms with van der Waals surface area (Å²) in [5.74, 6) is 0.352. The van der Waals surface area contributed by atoms with E-state index in [1.54, 1.807) is 0 Å². The Kier molecular flexibility index (Phi) is 6.68. The standard InChI is InChI=1S/C29H34N2O/c32-27(18-22-10-4-1-5-11-22)19-26-20-30-25-16-17-28(31(26)21-25)29(23-12-6-2-7-13-23)24-14-8-3-9-15-24/h1-15,25-30,32H,16-21H2. The summed E-state index contributed by atoms with van der Waals surface area (Å²) < 4.78 is 0. The van der Waals surface area contributed by atoms with Crippen LogP contribution in [-0.4, -0.2) is 47.3 Å². The van der Waals surface area contributed by atoms with Gasteiger partial charge in [0.25, 0.3) is 0 Å². The minimum Gasteiger partial charge on any atom is -0.393 e. The number of hydrogen-bond donors (Lipinski definition) is 2. The van der Waals surface area contributed by atoms with Crippen molar-refractivity contribution in [1.29, 1.82) is 0 Å². The van der Waals surface area contributed by atoms with Gasteiger partial charge >= 0.3 is 0 Å². The summed E-state index contributed by atoms with van der Waals surface area (Å²) >= 11 is 0. The first-order valence-electron chi connectivity index (χ1n) is 12.1. The molecule has 5 atom stereocenters. The van der Waals surface area contributed by atoms with Crippen LogP contribution in [0.25, 0.3) is 0 Å². The van der Waals surface area contributed by atoms with Crippen LogP contribution in [0.4, 0.5) is 0 Å². The van der Waals surface area contributed by atoms with E-state index < -0.39 is 0 Å². The van der Waals surface area contributed by atoms with E-state index >= 15 is 0 Å². The summed E-state index contributed by atoms with van der Waals surface area (Å²) in [6.07, 6.45) is 3.60. The van der Waals surface area contributed by atoms with Crippen molar-refractivity contribution in [2.45, 2.75) is 55.8 Å². The van der Waals surface area contributed by atoms with E-state index in [1.807, 2.05) is 6.07 Å². The van der Waals surface area contributed by atoms with Crippen molar-refractivity contribution in [3.8, 4) is 0 Å². The van der Waals surface area contributed by atoms with Gasteiger partial charge in [0.15, 0.2) is 0 Å². The quantitative estimate of drug-likeness (QED) is 0.579. The van der Waals surface area contributed by atoms with E-state index in [4.69, 9.17) is 0 Å². The summed E-state index contributed by atoms with van der Waals surface area (Å²) in [4.78, 5) is 2.73. The average molecular weight is 427 g/mol. The molecule has 0 spiro atoms. The fourth-order valence-corrected chi connectivity index (χ4v) is 5.84. The molecule has 2 aliphatic heterocycles. The second-order valence-electron chi connectivity index (χ2n) is 9.48. The lowest BCUT2D eigenvalue weighted by Crippen LogP contribution is -2.64. The Hall–Kier alpha value is -2.46. The summed E-state index contributed by atoms with van der Waals surface area (Å²) in [6.45, 7) is 2.03. The third kappa shape index (κ3) is 4.80. The predicted molar refractivity (Wildman–Crippen MR) is 131 cm³/mol. The molecule has 3 aromatic rings. The zero-order chi connectivity index (χ0) is 21.8. The molecule has 2 N–H and O–H groups in total. The van der Waals surface area contributed by atoms with Crippen molar-refractivity contribution in [2.75, 3.05) is 13.1 Å². The Balaban J connectivity index is 1.39. The maximum Gasteiger partial charge on any atom is 0.0595 e. The number of piperazine rings is 1. The topological polar surface area (TPSA) is 35.5 Å². The monoisotopic (exact) mass is 426 g/mol. The third-order valence-corrected chi connectivity index (χ3v) is 7.34. The van der Waals surface area contributed by atoms with Crippen LogP contribution >= 0.6 is 0 Å². The number of piperidine rings is 1. The van der Waals surface area contributed by atoms with E-state index in [0.29, 0.717) is 24.0 Å². The highest BCUT2D eigenvalue weighted by Crippen LogP contribution is 2.38. The second-order valence-corrected chi connectivity index (χ2v) is 9.48. The lowest BCUT2D eigenvalue weighted by molar-refractivity contribution is 0.00752. The van der Waals surface area contributed by atoms with Gasteiger partial charge in [-0.3, -0.25) is 4.90 Å². The van der Waals surface area contributed by atoms with E-state index in [-0.39, 0.29) is 6.10 Å². The smallest absolute Gasteiger partial charge is 0.0595 e. The molecular formula is C29H34N2O. The van der Waals surface area contributed by atoms with Crippen LogP contribution < -0.4 is 5.32 Å². The van der Waals surface area contributed by atoms with Crippen LogP contribution in [0.5, 0.6) is 0 Å². The maximum absolute atomic E-state index is 11.0. The molecule has 3 nitrogen and oxygen atoms in total. The first-order valence-corrected chi connectivity index (χ1v) is 12.1. The van der Waals surface area contributed by atoms with Gasteiger partial charge in [0.1, 0.15) is 0 Å². The highest BCUT2D eigenvalue weighted by Gasteiger charge is 2.41. The SMILES string of the molecule is OC(Cc1ccccc1)CC1CNC2CCC(C(c3ccccc3)c3ccccc3)N1C2. The molecule has 3 aromatic carbocycles. The van der Waals surface area contributed by atoms with Crippen LogP contribution in [0.3, 0.4) is 0 Å². The first-order chi connectivity index (χ1) is 15.8. The van der Waals surface area contributed by atoms with Crippen molar-refractivity contribution in [3.05, 3.63) is 108 Å². The predicted octanol–water partition coefficient (Wildman–Crippen LogP) is 4.62. The van der Waals surface area contributed by atoms with Gasteiger partial charge in [0, 0.05) is 37.1 Å². The van der Waals surface area contributed by atoms with Gasteiger partial charge in [-0.2, -0.15) is 0 Å². The molecule has 0 aromatic heterocycles. The molecule has 32 heavy (non-hydrogen) atoms. The second kappa shape index (κ2) is 9.99. The molecule has 5 rings (SSSR count). The lowest BCUT2D eigenvalue weighted by atomic mass is 9.78. The summed E-state index contributed by atoms with van der Waals surface area (Å²) in [5.41, 5.74) is 4.00. The number of aliphatic hydroxyl groups is 1. The molecule has 2 heterocycles. The Morgan fingerprint density at radius 3 is 2.03 bits per heavy atom. The Morgan fingerprint density at radius 2 is 1.41 bits per heavy atom. The molecule has 0 aliphatic carbocycles. The molecule has 0 radical (unpaired) electrons. The van der Waals surface area contributed by atoms with Crippen LogP contribution in [0, 0.1) is 0 Å². The van der Waals surface area contributed by atoms with Gasteiger partial charge in [-0.25, -0.2) is 0 Å². The van der Waals surface area contributed by atoms with Crippen molar-refractivity contribution in [2.24, 2.45) is 0 Å². The molecule has 2 bridgehead atoms. The van der Waals surface area contributed by atoms with Gasteiger partial charge in [-0.05, 0) is 42.4 Å². The molecule has 0 amide bonds. The molecule has 2 fully saturated rings. The number of benzene rings is 3. The highest BCUT2D eigenvalue weighted by atomic mass is 16.3. The largest absolute Gasteiger partial charge is 0.393 e. The molecule has 5 unspecified atom stereocenters. The number of rotatable bonds is 7. The summed E-state index contributed by atoms with van der Waals surface area (Å²) in [7, 11) is 0. The van der Waals surface area contributed by atoms with Gasteiger partial charge in [-0.1, -0.05) is 91.0 Å². The molecule has 2 aliphatic rings. The highest BCUT2D eigenvalue weighted by molar-refractivity contribution is 5.35. The lowest BCUT2D eigenvalue weighted by Gasteiger charge is -2.51. The fraction of sp³-hybridized carbons (Fsp3) is 0.379. The number of hydrogen-bond acceptors (Lipinski definition) is 3. The molecule has 166 valence electrons. The van der Waals surface area contributed by atoms with Crippen LogP contribution in [0.15, 0.2) is 91.0 Å². The van der Waals surface area contributed by atoms with Crippen LogP contribution in [-0.2, 0) is 6.42 Å². The Labute approximate surface area is 192 Å².